The highest BCUT2D eigenvalue weighted by molar-refractivity contribution is 5.76. The van der Waals surface area contributed by atoms with Crippen molar-refractivity contribution in [1.29, 1.82) is 0 Å². The molecule has 27 heavy (non-hydrogen) atoms. The molecule has 1 N–H and O–H groups in total. The zero-order valence-electron chi connectivity index (χ0n) is 15.4. The summed E-state index contributed by atoms with van der Waals surface area (Å²) in [4.78, 5) is 16.3. The van der Waals surface area contributed by atoms with Crippen molar-refractivity contribution < 1.29 is 13.7 Å². The molecule has 3 aromatic rings. The standard InChI is InChI=1S/C21H22FN3O2/c1-14(2)15-7-9-16(10-8-15)21-24-20(27-25-21)12-11-19(26)23-13-17-5-3-4-6-18(17)22/h3-10,14H,11-13H2,1-2H3,(H,23,26). The van der Waals surface area contributed by atoms with Crippen LogP contribution in [0.1, 0.15) is 43.2 Å². The van der Waals surface area contributed by atoms with Gasteiger partial charge >= 0.3 is 0 Å². The maximum Gasteiger partial charge on any atom is 0.227 e. The third kappa shape index (κ3) is 5.00. The molecule has 0 radical (unpaired) electrons. The van der Waals surface area contributed by atoms with E-state index in [1.54, 1.807) is 18.2 Å². The van der Waals surface area contributed by atoms with Crippen LogP contribution in [0.2, 0.25) is 0 Å². The molecule has 0 saturated carbocycles. The Bertz CT molecular complexity index is 904. The zero-order chi connectivity index (χ0) is 19.2. The van der Waals surface area contributed by atoms with E-state index < -0.39 is 0 Å². The van der Waals surface area contributed by atoms with Crippen LogP contribution in [0, 0.1) is 5.82 Å². The molecule has 0 spiro atoms. The Kier molecular flexibility index (Phi) is 5.96. The predicted molar refractivity (Wildman–Crippen MR) is 100 cm³/mol. The molecule has 0 aliphatic heterocycles. The molecule has 0 unspecified atom stereocenters. The van der Waals surface area contributed by atoms with Gasteiger partial charge in [0.15, 0.2) is 0 Å². The van der Waals surface area contributed by atoms with Gasteiger partial charge in [-0.15, -0.1) is 0 Å². The van der Waals surface area contributed by atoms with Gasteiger partial charge in [-0.3, -0.25) is 4.79 Å². The maximum absolute atomic E-state index is 13.5. The van der Waals surface area contributed by atoms with Crippen LogP contribution in [0.5, 0.6) is 0 Å². The second-order valence-electron chi connectivity index (χ2n) is 6.66. The highest BCUT2D eigenvalue weighted by atomic mass is 19.1. The van der Waals surface area contributed by atoms with Crippen molar-refractivity contribution in [2.75, 3.05) is 0 Å². The van der Waals surface area contributed by atoms with Gasteiger partial charge in [0.25, 0.3) is 0 Å². The minimum Gasteiger partial charge on any atom is -0.352 e. The van der Waals surface area contributed by atoms with Crippen molar-refractivity contribution in [1.82, 2.24) is 15.5 Å². The molecule has 0 aliphatic rings. The number of amides is 1. The van der Waals surface area contributed by atoms with Gasteiger partial charge in [0, 0.05) is 30.5 Å². The molecule has 0 bridgehead atoms. The summed E-state index contributed by atoms with van der Waals surface area (Å²) in [6, 6.07) is 14.4. The number of nitrogens with one attached hydrogen (secondary N) is 1. The quantitative estimate of drug-likeness (QED) is 0.678. The molecule has 1 amide bonds. The van der Waals surface area contributed by atoms with Crippen LogP contribution in [0.25, 0.3) is 11.4 Å². The van der Waals surface area contributed by atoms with E-state index in [1.165, 1.54) is 11.6 Å². The Morgan fingerprint density at radius 2 is 1.89 bits per heavy atom. The Morgan fingerprint density at radius 3 is 2.59 bits per heavy atom. The van der Waals surface area contributed by atoms with E-state index in [4.69, 9.17) is 4.52 Å². The van der Waals surface area contributed by atoms with E-state index in [-0.39, 0.29) is 24.7 Å². The van der Waals surface area contributed by atoms with Crippen LogP contribution in [-0.4, -0.2) is 16.0 Å². The van der Waals surface area contributed by atoms with Crippen LogP contribution in [0.3, 0.4) is 0 Å². The number of benzene rings is 2. The zero-order valence-corrected chi connectivity index (χ0v) is 15.4. The normalized spacial score (nSPS) is 11.0. The number of hydrogen-bond acceptors (Lipinski definition) is 4. The molecule has 0 atom stereocenters. The number of hydrogen-bond donors (Lipinski definition) is 1. The van der Waals surface area contributed by atoms with Gasteiger partial charge in [-0.05, 0) is 17.5 Å². The van der Waals surface area contributed by atoms with Gasteiger partial charge < -0.3 is 9.84 Å². The first-order valence-corrected chi connectivity index (χ1v) is 8.96. The molecular weight excluding hydrogens is 345 g/mol. The molecule has 6 heteroatoms. The number of rotatable bonds is 7. The van der Waals surface area contributed by atoms with Crippen molar-refractivity contribution in [3.8, 4) is 11.4 Å². The number of carbonyl (C=O) groups excluding carboxylic acids is 1. The lowest BCUT2D eigenvalue weighted by molar-refractivity contribution is -0.121. The van der Waals surface area contributed by atoms with Crippen molar-refractivity contribution in [2.45, 2.75) is 39.2 Å². The van der Waals surface area contributed by atoms with Crippen molar-refractivity contribution >= 4 is 5.91 Å². The molecule has 5 nitrogen and oxygen atoms in total. The van der Waals surface area contributed by atoms with Gasteiger partial charge in [0.2, 0.25) is 17.6 Å². The van der Waals surface area contributed by atoms with E-state index >= 15 is 0 Å². The number of carbonyl (C=O) groups is 1. The first-order valence-electron chi connectivity index (χ1n) is 8.96. The van der Waals surface area contributed by atoms with Gasteiger partial charge in [0.05, 0.1) is 0 Å². The van der Waals surface area contributed by atoms with E-state index in [0.717, 1.165) is 5.56 Å². The Balaban J connectivity index is 1.52. The molecule has 0 saturated heterocycles. The summed E-state index contributed by atoms with van der Waals surface area (Å²) in [6.45, 7) is 4.43. The average Bonchev–Trinajstić information content (AvgIpc) is 3.15. The molecular formula is C21H22FN3O2. The molecule has 1 heterocycles. The van der Waals surface area contributed by atoms with Crippen LogP contribution in [0.15, 0.2) is 53.1 Å². The third-order valence-corrected chi connectivity index (χ3v) is 4.30. The summed E-state index contributed by atoms with van der Waals surface area (Å²) in [7, 11) is 0. The van der Waals surface area contributed by atoms with E-state index in [9.17, 15) is 9.18 Å². The van der Waals surface area contributed by atoms with Gasteiger partial charge in [-0.1, -0.05) is 61.5 Å². The minimum absolute atomic E-state index is 0.156. The fraction of sp³-hybridized carbons (Fsp3) is 0.286. The molecule has 3 rings (SSSR count). The smallest absolute Gasteiger partial charge is 0.227 e. The SMILES string of the molecule is CC(C)c1ccc(-c2noc(CCC(=O)NCc3ccccc3F)n2)cc1. The predicted octanol–water partition coefficient (Wildman–Crippen LogP) is 4.25. The van der Waals surface area contributed by atoms with Crippen LogP contribution >= 0.6 is 0 Å². The Morgan fingerprint density at radius 1 is 1.15 bits per heavy atom. The fourth-order valence-corrected chi connectivity index (χ4v) is 2.64. The second-order valence-corrected chi connectivity index (χ2v) is 6.66. The monoisotopic (exact) mass is 367 g/mol. The molecule has 1 aromatic heterocycles. The first-order chi connectivity index (χ1) is 13.0. The number of aryl methyl sites for hydroxylation is 1. The number of aromatic nitrogens is 2. The summed E-state index contributed by atoms with van der Waals surface area (Å²) >= 11 is 0. The lowest BCUT2D eigenvalue weighted by Crippen LogP contribution is -2.23. The van der Waals surface area contributed by atoms with Crippen molar-refractivity contribution in [2.24, 2.45) is 0 Å². The lowest BCUT2D eigenvalue weighted by atomic mass is 10.0. The summed E-state index contributed by atoms with van der Waals surface area (Å²) in [5.41, 5.74) is 2.57. The summed E-state index contributed by atoms with van der Waals surface area (Å²) in [5, 5.41) is 6.67. The highest BCUT2D eigenvalue weighted by Crippen LogP contribution is 2.20. The first kappa shape index (κ1) is 18.8. The van der Waals surface area contributed by atoms with Gasteiger partial charge in [-0.2, -0.15) is 4.98 Å². The van der Waals surface area contributed by atoms with E-state index in [2.05, 4.69) is 29.3 Å². The topological polar surface area (TPSA) is 68.0 Å². The molecule has 2 aromatic carbocycles. The van der Waals surface area contributed by atoms with Crippen LogP contribution in [0.4, 0.5) is 4.39 Å². The number of halogens is 1. The average molecular weight is 367 g/mol. The van der Waals surface area contributed by atoms with E-state index in [0.29, 0.717) is 29.6 Å². The summed E-state index contributed by atoms with van der Waals surface area (Å²) in [6.07, 6.45) is 0.530. The fourth-order valence-electron chi connectivity index (χ4n) is 2.64. The number of nitrogens with zero attached hydrogens (tertiary/aromatic N) is 2. The van der Waals surface area contributed by atoms with Crippen LogP contribution < -0.4 is 5.32 Å². The summed E-state index contributed by atoms with van der Waals surface area (Å²) in [5.74, 6) is 0.843. The van der Waals surface area contributed by atoms with Crippen molar-refractivity contribution in [3.63, 3.8) is 0 Å². The van der Waals surface area contributed by atoms with E-state index in [1.807, 2.05) is 24.3 Å². The lowest BCUT2D eigenvalue weighted by Gasteiger charge is -2.05. The molecule has 140 valence electrons. The van der Waals surface area contributed by atoms with Gasteiger partial charge in [0.1, 0.15) is 5.82 Å². The second kappa shape index (κ2) is 8.58. The molecule has 0 fully saturated rings. The summed E-state index contributed by atoms with van der Waals surface area (Å²) < 4.78 is 18.8. The minimum atomic E-state index is -0.331. The van der Waals surface area contributed by atoms with Gasteiger partial charge in [-0.25, -0.2) is 4.39 Å². The Hall–Kier alpha value is -3.02. The maximum atomic E-state index is 13.5. The van der Waals surface area contributed by atoms with Crippen molar-refractivity contribution in [3.05, 3.63) is 71.4 Å². The third-order valence-electron chi connectivity index (χ3n) is 4.30. The highest BCUT2D eigenvalue weighted by Gasteiger charge is 2.11. The molecule has 0 aliphatic carbocycles. The largest absolute Gasteiger partial charge is 0.352 e. The Labute approximate surface area is 157 Å². The van der Waals surface area contributed by atoms with Crippen LogP contribution in [-0.2, 0) is 17.8 Å².